The molecule has 1 aromatic rings. The summed E-state index contributed by atoms with van der Waals surface area (Å²) in [5.74, 6) is -0.111. The van der Waals surface area contributed by atoms with E-state index < -0.39 is 0 Å². The molecule has 0 aromatic heterocycles. The van der Waals surface area contributed by atoms with Gasteiger partial charge in [-0.1, -0.05) is 12.1 Å². The van der Waals surface area contributed by atoms with Gasteiger partial charge in [-0.3, -0.25) is 0 Å². The van der Waals surface area contributed by atoms with Crippen molar-refractivity contribution >= 4 is 0 Å². The first-order chi connectivity index (χ1) is 6.09. The van der Waals surface area contributed by atoms with Gasteiger partial charge in [0.2, 0.25) is 0 Å². The molecule has 0 spiro atoms. The van der Waals surface area contributed by atoms with Gasteiger partial charge < -0.3 is 5.73 Å². The molecule has 0 fully saturated rings. The van der Waals surface area contributed by atoms with Crippen LogP contribution >= 0.6 is 0 Å². The summed E-state index contributed by atoms with van der Waals surface area (Å²) in [5, 5.41) is 0. The van der Waals surface area contributed by atoms with Crippen LogP contribution in [0, 0.1) is 12.7 Å². The molecule has 0 bridgehead atoms. The zero-order valence-electron chi connectivity index (χ0n) is 8.18. The number of rotatable bonds is 3. The van der Waals surface area contributed by atoms with Crippen molar-refractivity contribution in [1.29, 1.82) is 0 Å². The second kappa shape index (κ2) is 4.38. The molecule has 0 saturated carbocycles. The summed E-state index contributed by atoms with van der Waals surface area (Å²) in [7, 11) is 0. The van der Waals surface area contributed by atoms with Crippen LogP contribution in [0.2, 0.25) is 0 Å². The number of hydrogen-bond donors (Lipinski definition) is 1. The molecule has 0 aliphatic heterocycles. The zero-order valence-corrected chi connectivity index (χ0v) is 8.18. The molecule has 0 heterocycles. The minimum Gasteiger partial charge on any atom is -0.328 e. The second-order valence-corrected chi connectivity index (χ2v) is 3.61. The van der Waals surface area contributed by atoms with E-state index in [1.165, 1.54) is 0 Å². The fourth-order valence-corrected chi connectivity index (χ4v) is 1.24. The largest absolute Gasteiger partial charge is 0.328 e. The number of nitrogens with two attached hydrogens (primary N) is 1. The summed E-state index contributed by atoms with van der Waals surface area (Å²) in [6.07, 6.45) is 1.56. The van der Waals surface area contributed by atoms with Gasteiger partial charge in [0.1, 0.15) is 5.82 Å². The van der Waals surface area contributed by atoms with Crippen LogP contribution in [-0.4, -0.2) is 6.04 Å². The summed E-state index contributed by atoms with van der Waals surface area (Å²) in [6.45, 7) is 3.82. The molecule has 72 valence electrons. The van der Waals surface area contributed by atoms with Crippen molar-refractivity contribution in [2.24, 2.45) is 5.73 Å². The molecular weight excluding hydrogens is 165 g/mol. The van der Waals surface area contributed by atoms with Crippen molar-refractivity contribution in [3.8, 4) is 0 Å². The molecule has 1 nitrogen and oxygen atoms in total. The van der Waals surface area contributed by atoms with Gasteiger partial charge in [-0.25, -0.2) is 4.39 Å². The lowest BCUT2D eigenvalue weighted by atomic mass is 10.0. The highest BCUT2D eigenvalue weighted by Gasteiger charge is 2.03. The van der Waals surface area contributed by atoms with Crippen LogP contribution in [-0.2, 0) is 6.42 Å². The van der Waals surface area contributed by atoms with Crippen molar-refractivity contribution in [2.45, 2.75) is 32.7 Å². The zero-order chi connectivity index (χ0) is 9.84. The fraction of sp³-hybridized carbons (Fsp3) is 0.455. The topological polar surface area (TPSA) is 26.0 Å². The summed E-state index contributed by atoms with van der Waals surface area (Å²) in [6, 6.07) is 5.48. The fourth-order valence-electron chi connectivity index (χ4n) is 1.24. The van der Waals surface area contributed by atoms with E-state index >= 15 is 0 Å². The highest BCUT2D eigenvalue weighted by atomic mass is 19.1. The Hall–Kier alpha value is -0.890. The van der Waals surface area contributed by atoms with E-state index in [4.69, 9.17) is 5.73 Å². The van der Waals surface area contributed by atoms with Gasteiger partial charge in [0, 0.05) is 6.04 Å². The third-order valence-electron chi connectivity index (χ3n) is 2.08. The van der Waals surface area contributed by atoms with E-state index in [1.54, 1.807) is 6.07 Å². The van der Waals surface area contributed by atoms with E-state index in [9.17, 15) is 4.39 Å². The average molecular weight is 181 g/mol. The normalized spacial score (nSPS) is 12.9. The Labute approximate surface area is 78.8 Å². The molecular formula is C11H16FN. The van der Waals surface area contributed by atoms with Crippen LogP contribution in [0.15, 0.2) is 18.2 Å². The van der Waals surface area contributed by atoms with E-state index in [0.29, 0.717) is 0 Å². The Morgan fingerprint density at radius 2 is 2.15 bits per heavy atom. The lowest BCUT2D eigenvalue weighted by molar-refractivity contribution is 0.589. The molecule has 2 heteroatoms. The molecule has 1 rings (SSSR count). The Kier molecular flexibility index (Phi) is 3.43. The first kappa shape index (κ1) is 10.2. The third kappa shape index (κ3) is 3.15. The van der Waals surface area contributed by atoms with Gasteiger partial charge in [-0.15, -0.1) is 0 Å². The Balaban J connectivity index is 2.67. The summed E-state index contributed by atoms with van der Waals surface area (Å²) < 4.78 is 13.3. The highest BCUT2D eigenvalue weighted by Crippen LogP contribution is 2.12. The van der Waals surface area contributed by atoms with Crippen LogP contribution in [0.25, 0.3) is 0 Å². The average Bonchev–Trinajstić information content (AvgIpc) is 2.02. The monoisotopic (exact) mass is 181 g/mol. The molecule has 0 amide bonds. The van der Waals surface area contributed by atoms with Gasteiger partial charge in [0.05, 0.1) is 0 Å². The highest BCUT2D eigenvalue weighted by molar-refractivity contribution is 5.23. The molecule has 13 heavy (non-hydrogen) atoms. The van der Waals surface area contributed by atoms with Crippen LogP contribution in [0.5, 0.6) is 0 Å². The Bertz CT molecular complexity index is 281. The Morgan fingerprint density at radius 1 is 1.46 bits per heavy atom. The molecule has 2 N–H and O–H groups in total. The van der Waals surface area contributed by atoms with Gasteiger partial charge in [-0.05, 0) is 43.9 Å². The first-order valence-corrected chi connectivity index (χ1v) is 4.60. The summed E-state index contributed by atoms with van der Waals surface area (Å²) in [5.41, 5.74) is 7.32. The van der Waals surface area contributed by atoms with Crippen LogP contribution in [0.1, 0.15) is 24.5 Å². The van der Waals surface area contributed by atoms with Crippen LogP contribution in [0.4, 0.5) is 4.39 Å². The van der Waals surface area contributed by atoms with Crippen molar-refractivity contribution < 1.29 is 4.39 Å². The maximum Gasteiger partial charge on any atom is 0.126 e. The van der Waals surface area contributed by atoms with Gasteiger partial charge >= 0.3 is 0 Å². The smallest absolute Gasteiger partial charge is 0.126 e. The minimum atomic E-state index is -0.111. The maximum absolute atomic E-state index is 13.3. The van der Waals surface area contributed by atoms with Crippen LogP contribution < -0.4 is 5.73 Å². The summed E-state index contributed by atoms with van der Waals surface area (Å²) in [4.78, 5) is 0. The SMILES string of the molecule is Cc1ccc(CCC(C)N)c(F)c1. The number of aryl methyl sites for hydroxylation is 2. The lowest BCUT2D eigenvalue weighted by Crippen LogP contribution is -2.15. The van der Waals surface area contributed by atoms with Crippen molar-refractivity contribution in [3.63, 3.8) is 0 Å². The number of halogens is 1. The van der Waals surface area contributed by atoms with Crippen molar-refractivity contribution in [2.75, 3.05) is 0 Å². The molecule has 1 unspecified atom stereocenters. The quantitative estimate of drug-likeness (QED) is 0.761. The van der Waals surface area contributed by atoms with Crippen molar-refractivity contribution in [3.05, 3.63) is 35.1 Å². The number of benzene rings is 1. The predicted octanol–water partition coefficient (Wildman–Crippen LogP) is 2.41. The molecule has 1 aromatic carbocycles. The molecule has 1 atom stereocenters. The Morgan fingerprint density at radius 3 is 2.69 bits per heavy atom. The molecule has 0 saturated heterocycles. The predicted molar refractivity (Wildman–Crippen MR) is 53.1 cm³/mol. The van der Waals surface area contributed by atoms with Gasteiger partial charge in [0.15, 0.2) is 0 Å². The lowest BCUT2D eigenvalue weighted by Gasteiger charge is -2.06. The standard InChI is InChI=1S/C11H16FN/c1-8-3-5-10(11(12)7-8)6-4-9(2)13/h3,5,7,9H,4,6,13H2,1-2H3. The molecule has 0 aliphatic rings. The van der Waals surface area contributed by atoms with E-state index in [-0.39, 0.29) is 11.9 Å². The van der Waals surface area contributed by atoms with Crippen LogP contribution in [0.3, 0.4) is 0 Å². The van der Waals surface area contributed by atoms with Crippen molar-refractivity contribution in [1.82, 2.24) is 0 Å². The molecule has 0 aliphatic carbocycles. The second-order valence-electron chi connectivity index (χ2n) is 3.61. The maximum atomic E-state index is 13.3. The molecule has 0 radical (unpaired) electrons. The minimum absolute atomic E-state index is 0.111. The summed E-state index contributed by atoms with van der Waals surface area (Å²) >= 11 is 0. The van der Waals surface area contributed by atoms with Gasteiger partial charge in [0.25, 0.3) is 0 Å². The van der Waals surface area contributed by atoms with E-state index in [0.717, 1.165) is 24.0 Å². The van der Waals surface area contributed by atoms with E-state index in [1.807, 2.05) is 26.0 Å². The van der Waals surface area contributed by atoms with E-state index in [2.05, 4.69) is 0 Å². The first-order valence-electron chi connectivity index (χ1n) is 4.60. The number of hydrogen-bond acceptors (Lipinski definition) is 1. The third-order valence-corrected chi connectivity index (χ3v) is 2.08. The van der Waals surface area contributed by atoms with Gasteiger partial charge in [-0.2, -0.15) is 0 Å².